The molecule has 1 aromatic carbocycles. The van der Waals surface area contributed by atoms with Crippen molar-refractivity contribution >= 4 is 46.7 Å². The monoisotopic (exact) mass is 382 g/mol. The summed E-state index contributed by atoms with van der Waals surface area (Å²) in [6, 6.07) is 6.08. The maximum Gasteiger partial charge on any atom is 0.317 e. The lowest BCUT2D eigenvalue weighted by Crippen LogP contribution is -2.24. The Hall–Kier alpha value is -2.52. The van der Waals surface area contributed by atoms with Crippen LogP contribution in [0.25, 0.3) is 0 Å². The van der Waals surface area contributed by atoms with Gasteiger partial charge in [0.2, 0.25) is 0 Å². The first-order valence-electron chi connectivity index (χ1n) is 7.18. The minimum Gasteiger partial charge on any atom is -0.480 e. The van der Waals surface area contributed by atoms with E-state index >= 15 is 0 Å². The molecule has 0 saturated carbocycles. The predicted molar refractivity (Wildman–Crippen MR) is 96.2 cm³/mol. The van der Waals surface area contributed by atoms with E-state index in [1.54, 1.807) is 19.1 Å². The number of amides is 1. The van der Waals surface area contributed by atoms with Crippen molar-refractivity contribution in [1.82, 2.24) is 9.97 Å². The number of carbonyl (C=O) groups excluding carboxylic acids is 1. The number of aromatic amines is 1. The Bertz CT molecular complexity index is 854. The highest BCUT2D eigenvalue weighted by molar-refractivity contribution is 8.00. The molecule has 0 saturated heterocycles. The zero-order valence-corrected chi connectivity index (χ0v) is 14.6. The zero-order valence-electron chi connectivity index (χ0n) is 13.1. The molecule has 25 heavy (non-hydrogen) atoms. The summed E-state index contributed by atoms with van der Waals surface area (Å²) in [6.45, 7) is 1.70. The van der Waals surface area contributed by atoms with Gasteiger partial charge < -0.3 is 16.2 Å². The number of carboxylic acid groups (broad SMARTS) is 1. The van der Waals surface area contributed by atoms with Gasteiger partial charge in [0, 0.05) is 10.6 Å². The summed E-state index contributed by atoms with van der Waals surface area (Å²) in [4.78, 5) is 41.7. The van der Waals surface area contributed by atoms with Gasteiger partial charge in [-0.15, -0.1) is 0 Å². The van der Waals surface area contributed by atoms with Crippen molar-refractivity contribution in [3.05, 3.63) is 45.2 Å². The summed E-state index contributed by atoms with van der Waals surface area (Å²) < 4.78 is 0. The van der Waals surface area contributed by atoms with Gasteiger partial charge in [-0.25, -0.2) is 4.98 Å². The van der Waals surface area contributed by atoms with Gasteiger partial charge in [0.15, 0.2) is 11.0 Å². The minimum atomic E-state index is -1.02. The fourth-order valence-corrected chi connectivity index (χ4v) is 2.84. The molecule has 1 heterocycles. The smallest absolute Gasteiger partial charge is 0.317 e. The summed E-state index contributed by atoms with van der Waals surface area (Å²) in [5.74, 6) is -1.77. The van der Waals surface area contributed by atoms with Crippen LogP contribution in [0.3, 0.4) is 0 Å². The normalized spacial score (nSPS) is 11.8. The number of hydrogen-bond donors (Lipinski definition) is 4. The number of aromatic nitrogens is 2. The van der Waals surface area contributed by atoms with Crippen molar-refractivity contribution in [3.63, 3.8) is 0 Å². The molecule has 2 rings (SSSR count). The lowest BCUT2D eigenvalue weighted by Gasteiger charge is -2.11. The van der Waals surface area contributed by atoms with Gasteiger partial charge in [-0.3, -0.25) is 19.4 Å². The second-order valence-electron chi connectivity index (χ2n) is 4.95. The van der Waals surface area contributed by atoms with Crippen LogP contribution >= 0.6 is 23.4 Å². The molecular formula is C15H15ClN4O4S. The van der Waals surface area contributed by atoms with E-state index in [0.717, 1.165) is 11.8 Å². The van der Waals surface area contributed by atoms with Crippen LogP contribution in [0, 0.1) is 0 Å². The van der Waals surface area contributed by atoms with E-state index in [4.69, 9.17) is 22.4 Å². The molecule has 0 bridgehead atoms. The Morgan fingerprint density at radius 2 is 2.04 bits per heavy atom. The SMILES string of the molecule is CC[C@@H](Sc1nc(N)c(NC(=O)c2ccc(Cl)cc2)c(=O)[nH]1)C(=O)O. The molecule has 5 N–H and O–H groups in total. The number of nitrogens with one attached hydrogen (secondary N) is 2. The van der Waals surface area contributed by atoms with Crippen LogP contribution in [0.15, 0.2) is 34.2 Å². The van der Waals surface area contributed by atoms with Gasteiger partial charge in [-0.05, 0) is 30.7 Å². The van der Waals surface area contributed by atoms with Crippen molar-refractivity contribution in [1.29, 1.82) is 0 Å². The number of rotatable bonds is 6. The number of anilines is 2. The lowest BCUT2D eigenvalue weighted by molar-refractivity contribution is -0.136. The minimum absolute atomic E-state index is 0.0706. The van der Waals surface area contributed by atoms with E-state index in [1.807, 2.05) is 0 Å². The van der Waals surface area contributed by atoms with Crippen LogP contribution in [-0.4, -0.2) is 32.2 Å². The third kappa shape index (κ3) is 4.74. The topological polar surface area (TPSA) is 138 Å². The van der Waals surface area contributed by atoms with E-state index in [0.29, 0.717) is 17.0 Å². The Morgan fingerprint density at radius 3 is 2.56 bits per heavy atom. The molecule has 1 atom stereocenters. The average molecular weight is 383 g/mol. The average Bonchev–Trinajstić information content (AvgIpc) is 2.56. The number of benzene rings is 1. The fraction of sp³-hybridized carbons (Fsp3) is 0.200. The van der Waals surface area contributed by atoms with Crippen LogP contribution < -0.4 is 16.6 Å². The highest BCUT2D eigenvalue weighted by atomic mass is 35.5. The molecule has 0 aliphatic rings. The first-order chi connectivity index (χ1) is 11.8. The third-order valence-electron chi connectivity index (χ3n) is 3.17. The lowest BCUT2D eigenvalue weighted by atomic mass is 10.2. The van der Waals surface area contributed by atoms with Crippen molar-refractivity contribution < 1.29 is 14.7 Å². The van der Waals surface area contributed by atoms with Crippen molar-refractivity contribution in [2.75, 3.05) is 11.1 Å². The van der Waals surface area contributed by atoms with Crippen LogP contribution in [0.4, 0.5) is 11.5 Å². The quantitative estimate of drug-likeness (QED) is 0.443. The van der Waals surface area contributed by atoms with Gasteiger partial charge in [0.1, 0.15) is 10.9 Å². The van der Waals surface area contributed by atoms with Crippen molar-refractivity contribution in [2.24, 2.45) is 0 Å². The van der Waals surface area contributed by atoms with Gasteiger partial charge in [-0.1, -0.05) is 30.3 Å². The molecule has 10 heteroatoms. The molecule has 0 radical (unpaired) electrons. The summed E-state index contributed by atoms with van der Waals surface area (Å²) >= 11 is 6.64. The molecule has 1 amide bonds. The predicted octanol–water partition coefficient (Wildman–Crippen LogP) is 2.21. The molecule has 0 aliphatic heterocycles. The molecule has 132 valence electrons. The Morgan fingerprint density at radius 1 is 1.40 bits per heavy atom. The molecule has 1 aromatic heterocycles. The number of carboxylic acids is 1. The fourth-order valence-electron chi connectivity index (χ4n) is 1.88. The Kier molecular flexibility index (Phi) is 6.05. The largest absolute Gasteiger partial charge is 0.480 e. The second-order valence-corrected chi connectivity index (χ2v) is 6.57. The summed E-state index contributed by atoms with van der Waals surface area (Å²) in [7, 11) is 0. The summed E-state index contributed by atoms with van der Waals surface area (Å²) in [5.41, 5.74) is 5.16. The Balaban J connectivity index is 2.22. The molecule has 2 aromatic rings. The number of nitrogens with two attached hydrogens (primary N) is 1. The molecule has 0 unspecified atom stereocenters. The number of nitrogens with zero attached hydrogens (tertiary/aromatic N) is 1. The van der Waals surface area contributed by atoms with E-state index in [2.05, 4.69) is 15.3 Å². The van der Waals surface area contributed by atoms with Gasteiger partial charge >= 0.3 is 5.97 Å². The number of thioether (sulfide) groups is 1. The van der Waals surface area contributed by atoms with E-state index < -0.39 is 22.7 Å². The Labute approximate surface area is 151 Å². The van der Waals surface area contributed by atoms with E-state index in [9.17, 15) is 14.4 Å². The van der Waals surface area contributed by atoms with Gasteiger partial charge in [0.05, 0.1) is 0 Å². The number of carbonyl (C=O) groups is 2. The van der Waals surface area contributed by atoms with Crippen LogP contribution in [0.1, 0.15) is 23.7 Å². The standard InChI is InChI=1S/C15H15ClN4O4S/c1-2-9(14(23)24)25-15-19-11(17)10(13(22)20-15)18-12(21)7-3-5-8(16)6-4-7/h3-6,9H,2H2,1H3,(H,18,21)(H,23,24)(H3,17,19,20,22)/t9-/m1/s1. The molecule has 8 nitrogen and oxygen atoms in total. The van der Waals surface area contributed by atoms with Crippen LogP contribution in [0.5, 0.6) is 0 Å². The number of nitrogen functional groups attached to an aromatic ring is 1. The third-order valence-corrected chi connectivity index (χ3v) is 4.66. The molecule has 0 aliphatic carbocycles. The first kappa shape index (κ1) is 18.8. The molecule has 0 fully saturated rings. The van der Waals surface area contributed by atoms with Crippen LogP contribution in [-0.2, 0) is 4.79 Å². The van der Waals surface area contributed by atoms with Crippen molar-refractivity contribution in [2.45, 2.75) is 23.8 Å². The highest BCUT2D eigenvalue weighted by Gasteiger charge is 2.20. The van der Waals surface area contributed by atoms with E-state index in [1.165, 1.54) is 12.1 Å². The molecule has 0 spiro atoms. The zero-order chi connectivity index (χ0) is 18.6. The highest BCUT2D eigenvalue weighted by Crippen LogP contribution is 2.23. The van der Waals surface area contributed by atoms with Crippen molar-refractivity contribution in [3.8, 4) is 0 Å². The number of aliphatic carboxylic acids is 1. The number of halogens is 1. The van der Waals surface area contributed by atoms with E-state index in [-0.39, 0.29) is 16.7 Å². The molecular weight excluding hydrogens is 368 g/mol. The second kappa shape index (κ2) is 8.04. The van der Waals surface area contributed by atoms with Gasteiger partial charge in [-0.2, -0.15) is 0 Å². The first-order valence-corrected chi connectivity index (χ1v) is 8.43. The summed E-state index contributed by atoms with van der Waals surface area (Å²) in [6.07, 6.45) is 0.346. The van der Waals surface area contributed by atoms with Crippen LogP contribution in [0.2, 0.25) is 5.02 Å². The summed E-state index contributed by atoms with van der Waals surface area (Å²) in [5, 5.41) is 11.2. The maximum absolute atomic E-state index is 12.2. The number of H-pyrrole nitrogens is 1. The maximum atomic E-state index is 12.2. The number of hydrogen-bond acceptors (Lipinski definition) is 6. The van der Waals surface area contributed by atoms with Gasteiger partial charge in [0.25, 0.3) is 11.5 Å².